The maximum Gasteiger partial charge on any atom is 0.416 e. The molecule has 0 unspecified atom stereocenters. The first-order valence-corrected chi connectivity index (χ1v) is 7.60. The highest BCUT2D eigenvalue weighted by Gasteiger charge is 2.45. The number of halogens is 3. The number of β-amino-alcohol motifs (C(OH)–C–C–N with tert-alkyl or cyclic N) is 1. The fourth-order valence-electron chi connectivity index (χ4n) is 3.44. The Kier molecular flexibility index (Phi) is 4.18. The summed E-state index contributed by atoms with van der Waals surface area (Å²) >= 11 is 0. The summed E-state index contributed by atoms with van der Waals surface area (Å²) in [6, 6.07) is 5.39. The van der Waals surface area contributed by atoms with E-state index in [-0.39, 0.29) is 0 Å². The van der Waals surface area contributed by atoms with Gasteiger partial charge in [-0.15, -0.1) is 0 Å². The molecule has 0 aliphatic carbocycles. The summed E-state index contributed by atoms with van der Waals surface area (Å²) < 4.78 is 43.9. The van der Waals surface area contributed by atoms with Crippen LogP contribution in [0, 0.1) is 0 Å². The molecule has 0 aromatic heterocycles. The molecule has 2 heterocycles. The zero-order valence-electron chi connectivity index (χ0n) is 12.3. The smallest absolute Gasteiger partial charge is 0.389 e. The molecule has 122 valence electrons. The highest BCUT2D eigenvalue weighted by molar-refractivity contribution is 5.25. The number of aliphatic hydroxyl groups is 1. The van der Waals surface area contributed by atoms with Crippen molar-refractivity contribution < 1.29 is 23.0 Å². The summed E-state index contributed by atoms with van der Waals surface area (Å²) in [6.45, 7) is 2.27. The van der Waals surface area contributed by atoms with Gasteiger partial charge in [-0.2, -0.15) is 13.2 Å². The Labute approximate surface area is 127 Å². The first kappa shape index (κ1) is 15.8. The molecule has 0 bridgehead atoms. The monoisotopic (exact) mass is 315 g/mol. The van der Waals surface area contributed by atoms with E-state index in [1.165, 1.54) is 12.1 Å². The van der Waals surface area contributed by atoms with Gasteiger partial charge in [0.1, 0.15) is 0 Å². The van der Waals surface area contributed by atoms with Gasteiger partial charge in [-0.05, 0) is 30.9 Å². The van der Waals surface area contributed by atoms with Crippen molar-refractivity contribution in [2.24, 2.45) is 0 Å². The predicted molar refractivity (Wildman–Crippen MR) is 75.3 cm³/mol. The zero-order chi connectivity index (χ0) is 15.8. The molecule has 1 aromatic carbocycles. The van der Waals surface area contributed by atoms with Crippen LogP contribution < -0.4 is 0 Å². The third-order valence-corrected chi connectivity index (χ3v) is 4.68. The second kappa shape index (κ2) is 5.83. The number of rotatable bonds is 2. The molecule has 2 aliphatic heterocycles. The minimum atomic E-state index is -4.32. The van der Waals surface area contributed by atoms with Gasteiger partial charge in [0.05, 0.1) is 17.3 Å². The molecule has 3 nitrogen and oxygen atoms in total. The maximum atomic E-state index is 12.7. The molecule has 0 saturated carbocycles. The van der Waals surface area contributed by atoms with Crippen LogP contribution >= 0.6 is 0 Å². The van der Waals surface area contributed by atoms with E-state index < -0.39 is 23.4 Å². The fraction of sp³-hybridized carbons (Fsp3) is 0.625. The first-order chi connectivity index (χ1) is 10.4. The van der Waals surface area contributed by atoms with E-state index in [2.05, 4.69) is 0 Å². The van der Waals surface area contributed by atoms with Gasteiger partial charge in [-0.1, -0.05) is 18.2 Å². The Bertz CT molecular complexity index is 526. The molecular formula is C16H20F3NO2. The lowest BCUT2D eigenvalue weighted by molar-refractivity contribution is -0.137. The minimum absolute atomic E-state index is 0.414. The van der Waals surface area contributed by atoms with Crippen LogP contribution in [0.15, 0.2) is 24.3 Å². The molecular weight excluding hydrogens is 295 g/mol. The third-order valence-electron chi connectivity index (χ3n) is 4.68. The van der Waals surface area contributed by atoms with E-state index in [0.29, 0.717) is 25.3 Å². The molecule has 2 fully saturated rings. The van der Waals surface area contributed by atoms with Gasteiger partial charge in [-0.3, -0.25) is 4.90 Å². The standard InChI is InChI=1S/C16H20F3NO2/c17-16(18,19)13-4-1-3-12(9-13)10-20-7-6-15(14(21)11-20)5-2-8-22-15/h1,3-4,9,14,21H,2,5-8,10-11H2/t14-,15-/m0/s1. The second-order valence-corrected chi connectivity index (χ2v) is 6.22. The van der Waals surface area contributed by atoms with Gasteiger partial charge in [0.2, 0.25) is 0 Å². The molecule has 1 aromatic rings. The van der Waals surface area contributed by atoms with E-state index in [0.717, 1.165) is 31.9 Å². The van der Waals surface area contributed by atoms with Crippen LogP contribution in [-0.4, -0.2) is 41.4 Å². The van der Waals surface area contributed by atoms with E-state index in [9.17, 15) is 18.3 Å². The highest BCUT2D eigenvalue weighted by Crippen LogP contribution is 2.36. The summed E-state index contributed by atoms with van der Waals surface area (Å²) in [7, 11) is 0. The Balaban J connectivity index is 1.65. The molecule has 22 heavy (non-hydrogen) atoms. The van der Waals surface area contributed by atoms with Crippen LogP contribution in [0.1, 0.15) is 30.4 Å². The first-order valence-electron chi connectivity index (χ1n) is 7.60. The summed E-state index contributed by atoms with van der Waals surface area (Å²) in [5.41, 5.74) is -0.437. The zero-order valence-corrected chi connectivity index (χ0v) is 12.3. The van der Waals surface area contributed by atoms with Crippen LogP contribution in [0.3, 0.4) is 0 Å². The molecule has 0 radical (unpaired) electrons. The van der Waals surface area contributed by atoms with E-state index >= 15 is 0 Å². The molecule has 6 heteroatoms. The predicted octanol–water partition coefficient (Wildman–Crippen LogP) is 2.82. The second-order valence-electron chi connectivity index (χ2n) is 6.22. The number of piperidine rings is 1. The van der Waals surface area contributed by atoms with Crippen LogP contribution in [0.25, 0.3) is 0 Å². The summed E-state index contributed by atoms with van der Waals surface area (Å²) in [6.07, 6.45) is -2.34. The van der Waals surface area contributed by atoms with Gasteiger partial charge < -0.3 is 9.84 Å². The Morgan fingerprint density at radius 2 is 2.14 bits per heavy atom. The van der Waals surface area contributed by atoms with E-state index in [4.69, 9.17) is 4.74 Å². The molecule has 3 rings (SSSR count). The Hall–Kier alpha value is -1.11. The van der Waals surface area contributed by atoms with Crippen molar-refractivity contribution in [1.82, 2.24) is 4.90 Å². The SMILES string of the molecule is O[C@H]1CN(Cc2cccc(C(F)(F)F)c2)CC[C@@]12CCCO2. The van der Waals surface area contributed by atoms with Gasteiger partial charge in [0, 0.05) is 26.2 Å². The van der Waals surface area contributed by atoms with Gasteiger partial charge in [-0.25, -0.2) is 0 Å². The number of aliphatic hydroxyl groups excluding tert-OH is 1. The van der Waals surface area contributed by atoms with Crippen LogP contribution in [0.2, 0.25) is 0 Å². The number of hydrogen-bond acceptors (Lipinski definition) is 3. The van der Waals surface area contributed by atoms with Crippen molar-refractivity contribution in [1.29, 1.82) is 0 Å². The van der Waals surface area contributed by atoms with E-state index in [1.807, 2.05) is 4.90 Å². The minimum Gasteiger partial charge on any atom is -0.389 e. The molecule has 2 saturated heterocycles. The van der Waals surface area contributed by atoms with Crippen molar-refractivity contribution in [2.75, 3.05) is 19.7 Å². The maximum absolute atomic E-state index is 12.7. The summed E-state index contributed by atoms with van der Waals surface area (Å²) in [5, 5.41) is 10.3. The van der Waals surface area contributed by atoms with Crippen LogP contribution in [0.5, 0.6) is 0 Å². The average Bonchev–Trinajstić information content (AvgIpc) is 2.93. The number of hydrogen-bond donors (Lipinski definition) is 1. The summed E-state index contributed by atoms with van der Waals surface area (Å²) in [5.74, 6) is 0. The lowest BCUT2D eigenvalue weighted by Crippen LogP contribution is -2.54. The van der Waals surface area contributed by atoms with Crippen molar-refractivity contribution >= 4 is 0 Å². The fourth-order valence-corrected chi connectivity index (χ4v) is 3.44. The quantitative estimate of drug-likeness (QED) is 0.911. The number of benzene rings is 1. The molecule has 1 spiro atoms. The average molecular weight is 315 g/mol. The highest BCUT2D eigenvalue weighted by atomic mass is 19.4. The molecule has 1 N–H and O–H groups in total. The molecule has 2 aliphatic rings. The largest absolute Gasteiger partial charge is 0.416 e. The number of ether oxygens (including phenoxy) is 1. The number of alkyl halides is 3. The lowest BCUT2D eigenvalue weighted by atomic mass is 9.86. The van der Waals surface area contributed by atoms with Crippen LogP contribution in [0.4, 0.5) is 13.2 Å². The lowest BCUT2D eigenvalue weighted by Gasteiger charge is -2.42. The number of nitrogens with zero attached hydrogens (tertiary/aromatic N) is 1. The summed E-state index contributed by atoms with van der Waals surface area (Å²) in [4.78, 5) is 1.99. The molecule has 0 amide bonds. The van der Waals surface area contributed by atoms with E-state index in [1.54, 1.807) is 6.07 Å². The Morgan fingerprint density at radius 1 is 1.32 bits per heavy atom. The normalized spacial score (nSPS) is 30.1. The van der Waals surface area contributed by atoms with Crippen molar-refractivity contribution in [3.8, 4) is 0 Å². The van der Waals surface area contributed by atoms with Crippen molar-refractivity contribution in [2.45, 2.75) is 43.7 Å². The van der Waals surface area contributed by atoms with Gasteiger partial charge in [0.15, 0.2) is 0 Å². The van der Waals surface area contributed by atoms with Crippen LogP contribution in [-0.2, 0) is 17.5 Å². The van der Waals surface area contributed by atoms with Gasteiger partial charge >= 0.3 is 6.18 Å². The van der Waals surface area contributed by atoms with Crippen molar-refractivity contribution in [3.05, 3.63) is 35.4 Å². The molecule has 2 atom stereocenters. The van der Waals surface area contributed by atoms with Crippen molar-refractivity contribution in [3.63, 3.8) is 0 Å². The topological polar surface area (TPSA) is 32.7 Å². The Morgan fingerprint density at radius 3 is 2.77 bits per heavy atom. The number of likely N-dealkylation sites (tertiary alicyclic amines) is 1. The van der Waals surface area contributed by atoms with Gasteiger partial charge in [0.25, 0.3) is 0 Å². The third kappa shape index (κ3) is 3.14.